The molecule has 2 saturated heterocycles. The molecular formula is C13H21NO4. The van der Waals surface area contributed by atoms with E-state index in [2.05, 4.69) is 5.32 Å². The van der Waals surface area contributed by atoms with Crippen molar-refractivity contribution in [1.82, 2.24) is 5.32 Å². The molecule has 2 heterocycles. The zero-order chi connectivity index (χ0) is 13.0. The average Bonchev–Trinajstić information content (AvgIpc) is 2.63. The fraction of sp³-hybridized carbons (Fsp3) is 0.846. The number of nitrogens with one attached hydrogen (secondary N) is 1. The van der Waals surface area contributed by atoms with Crippen molar-refractivity contribution in [1.29, 1.82) is 0 Å². The van der Waals surface area contributed by atoms with E-state index in [9.17, 15) is 9.59 Å². The molecule has 18 heavy (non-hydrogen) atoms. The summed E-state index contributed by atoms with van der Waals surface area (Å²) in [7, 11) is 0. The Bertz CT molecular complexity index is 310. The minimum absolute atomic E-state index is 0.0550. The van der Waals surface area contributed by atoms with Crippen LogP contribution >= 0.6 is 0 Å². The van der Waals surface area contributed by atoms with Crippen LogP contribution in [0.1, 0.15) is 39.0 Å². The van der Waals surface area contributed by atoms with E-state index < -0.39 is 5.97 Å². The van der Waals surface area contributed by atoms with E-state index in [-0.39, 0.29) is 24.5 Å². The van der Waals surface area contributed by atoms with Crippen molar-refractivity contribution in [2.45, 2.75) is 51.2 Å². The maximum atomic E-state index is 11.7. The number of carbonyl (C=O) groups excluding carboxylic acids is 2. The van der Waals surface area contributed by atoms with E-state index in [0.717, 1.165) is 25.9 Å². The molecular weight excluding hydrogens is 234 g/mol. The smallest absolute Gasteiger partial charge is 0.315 e. The highest BCUT2D eigenvalue weighted by molar-refractivity contribution is 5.94. The van der Waals surface area contributed by atoms with Crippen LogP contribution in [-0.4, -0.2) is 37.2 Å². The van der Waals surface area contributed by atoms with Crippen molar-refractivity contribution in [3.05, 3.63) is 0 Å². The van der Waals surface area contributed by atoms with Gasteiger partial charge in [-0.1, -0.05) is 0 Å². The summed E-state index contributed by atoms with van der Waals surface area (Å²) < 4.78 is 10.5. The molecule has 0 aromatic heterocycles. The molecule has 1 aliphatic carbocycles. The molecule has 3 unspecified atom stereocenters. The van der Waals surface area contributed by atoms with Crippen LogP contribution in [0.3, 0.4) is 0 Å². The predicted molar refractivity (Wildman–Crippen MR) is 64.9 cm³/mol. The third-order valence-corrected chi connectivity index (χ3v) is 3.70. The van der Waals surface area contributed by atoms with Gasteiger partial charge in [0.2, 0.25) is 5.91 Å². The first kappa shape index (κ1) is 13.3. The molecule has 1 amide bonds. The summed E-state index contributed by atoms with van der Waals surface area (Å²) in [6.45, 7) is 2.85. The van der Waals surface area contributed by atoms with Gasteiger partial charge in [-0.3, -0.25) is 9.59 Å². The lowest BCUT2D eigenvalue weighted by molar-refractivity contribution is -0.146. The summed E-state index contributed by atoms with van der Waals surface area (Å²) >= 11 is 0. The molecule has 3 atom stereocenters. The second kappa shape index (κ2) is 6.18. The molecule has 0 aromatic carbocycles. The fourth-order valence-corrected chi connectivity index (χ4v) is 2.74. The van der Waals surface area contributed by atoms with Crippen LogP contribution in [0, 0.1) is 5.92 Å². The molecule has 0 spiro atoms. The van der Waals surface area contributed by atoms with Gasteiger partial charge in [-0.25, -0.2) is 0 Å². The number of hydrogen-bond acceptors (Lipinski definition) is 4. The van der Waals surface area contributed by atoms with Crippen LogP contribution in [0.4, 0.5) is 0 Å². The van der Waals surface area contributed by atoms with Crippen molar-refractivity contribution in [2.24, 2.45) is 5.92 Å². The van der Waals surface area contributed by atoms with Crippen LogP contribution < -0.4 is 5.32 Å². The van der Waals surface area contributed by atoms with Crippen molar-refractivity contribution in [2.75, 3.05) is 13.2 Å². The lowest BCUT2D eigenvalue weighted by Crippen LogP contribution is -2.44. The Morgan fingerprint density at radius 3 is 2.72 bits per heavy atom. The van der Waals surface area contributed by atoms with Gasteiger partial charge in [-0.15, -0.1) is 0 Å². The predicted octanol–water partition coefficient (Wildman–Crippen LogP) is 1.01. The number of fused-ring (bicyclic) bond motifs is 4. The lowest BCUT2D eigenvalue weighted by atomic mass is 10.00. The van der Waals surface area contributed by atoms with Gasteiger partial charge in [0.1, 0.15) is 6.42 Å². The summed E-state index contributed by atoms with van der Waals surface area (Å²) in [6, 6.07) is 0.0550. The Hall–Kier alpha value is -1.10. The lowest BCUT2D eigenvalue weighted by Gasteiger charge is -2.28. The third kappa shape index (κ3) is 3.45. The van der Waals surface area contributed by atoms with Gasteiger partial charge < -0.3 is 14.8 Å². The molecule has 1 N–H and O–H groups in total. The summed E-state index contributed by atoms with van der Waals surface area (Å²) in [5, 5.41) is 2.91. The minimum atomic E-state index is -0.464. The first-order chi connectivity index (χ1) is 8.69. The molecule has 3 aliphatic rings. The molecule has 0 radical (unpaired) electrons. The van der Waals surface area contributed by atoms with E-state index in [4.69, 9.17) is 9.47 Å². The zero-order valence-electron chi connectivity index (χ0n) is 10.8. The first-order valence-corrected chi connectivity index (χ1v) is 6.75. The standard InChI is InChI=1S/C13H21NO4/c1-2-17-13(16)7-12(15)14-10-5-3-9-4-6-11(10)18-8-9/h9-11H,2-8H2,1H3,(H,14,15). The molecule has 2 bridgehead atoms. The second-order valence-electron chi connectivity index (χ2n) is 5.05. The van der Waals surface area contributed by atoms with E-state index >= 15 is 0 Å². The van der Waals surface area contributed by atoms with Crippen molar-refractivity contribution in [3.8, 4) is 0 Å². The highest BCUT2D eigenvalue weighted by atomic mass is 16.5. The maximum absolute atomic E-state index is 11.7. The molecule has 2 aliphatic heterocycles. The number of rotatable bonds is 4. The highest BCUT2D eigenvalue weighted by Crippen LogP contribution is 2.31. The maximum Gasteiger partial charge on any atom is 0.315 e. The Morgan fingerprint density at radius 2 is 2.06 bits per heavy atom. The molecule has 1 saturated carbocycles. The molecule has 3 fully saturated rings. The molecule has 3 rings (SSSR count). The Labute approximate surface area is 107 Å². The number of hydrogen-bond donors (Lipinski definition) is 1. The largest absolute Gasteiger partial charge is 0.466 e. The van der Waals surface area contributed by atoms with Gasteiger partial charge in [0.25, 0.3) is 0 Å². The van der Waals surface area contributed by atoms with Gasteiger partial charge in [-0.05, 0) is 38.5 Å². The Balaban J connectivity index is 1.81. The van der Waals surface area contributed by atoms with E-state index in [0.29, 0.717) is 12.5 Å². The van der Waals surface area contributed by atoms with Gasteiger partial charge in [0.05, 0.1) is 18.8 Å². The van der Waals surface area contributed by atoms with Crippen molar-refractivity contribution in [3.63, 3.8) is 0 Å². The van der Waals surface area contributed by atoms with Crippen LogP contribution in [0.15, 0.2) is 0 Å². The second-order valence-corrected chi connectivity index (χ2v) is 5.05. The normalized spacial score (nSPS) is 30.6. The summed E-state index contributed by atoms with van der Waals surface area (Å²) in [6.07, 6.45) is 4.17. The van der Waals surface area contributed by atoms with Gasteiger partial charge in [-0.2, -0.15) is 0 Å². The van der Waals surface area contributed by atoms with Crippen LogP contribution in [0.2, 0.25) is 0 Å². The molecule has 5 nitrogen and oxygen atoms in total. The third-order valence-electron chi connectivity index (χ3n) is 3.70. The number of ether oxygens (including phenoxy) is 2. The van der Waals surface area contributed by atoms with Crippen LogP contribution in [0.25, 0.3) is 0 Å². The van der Waals surface area contributed by atoms with E-state index in [1.54, 1.807) is 6.92 Å². The van der Waals surface area contributed by atoms with Gasteiger partial charge >= 0.3 is 5.97 Å². The summed E-state index contributed by atoms with van der Waals surface area (Å²) in [4.78, 5) is 22.9. The Morgan fingerprint density at radius 1 is 1.28 bits per heavy atom. The molecule has 5 heteroatoms. The topological polar surface area (TPSA) is 64.6 Å². The number of carbonyl (C=O) groups is 2. The Kier molecular flexibility index (Phi) is 4.58. The van der Waals surface area contributed by atoms with Crippen molar-refractivity contribution >= 4 is 11.9 Å². The van der Waals surface area contributed by atoms with Crippen LogP contribution in [0.5, 0.6) is 0 Å². The number of esters is 1. The molecule has 0 aromatic rings. The first-order valence-electron chi connectivity index (χ1n) is 6.75. The average molecular weight is 255 g/mol. The zero-order valence-corrected chi connectivity index (χ0v) is 10.8. The summed E-state index contributed by atoms with van der Waals surface area (Å²) in [5.41, 5.74) is 0. The highest BCUT2D eigenvalue weighted by Gasteiger charge is 2.34. The van der Waals surface area contributed by atoms with E-state index in [1.165, 1.54) is 6.42 Å². The summed E-state index contributed by atoms with van der Waals surface area (Å²) in [5.74, 6) is -0.0746. The van der Waals surface area contributed by atoms with Crippen LogP contribution in [-0.2, 0) is 19.1 Å². The monoisotopic (exact) mass is 255 g/mol. The SMILES string of the molecule is CCOC(=O)CC(=O)NC1CCC2CCC1OC2. The quantitative estimate of drug-likeness (QED) is 0.601. The van der Waals surface area contributed by atoms with Gasteiger partial charge in [0.15, 0.2) is 0 Å². The fourth-order valence-electron chi connectivity index (χ4n) is 2.74. The van der Waals surface area contributed by atoms with Gasteiger partial charge in [0, 0.05) is 6.61 Å². The minimum Gasteiger partial charge on any atom is -0.466 e. The number of amides is 1. The molecule has 102 valence electrons. The van der Waals surface area contributed by atoms with Crippen molar-refractivity contribution < 1.29 is 19.1 Å². The van der Waals surface area contributed by atoms with E-state index in [1.807, 2.05) is 0 Å².